The molecule has 66 valence electrons. The molecule has 2 nitrogen and oxygen atoms in total. The summed E-state index contributed by atoms with van der Waals surface area (Å²) < 4.78 is 5.14. The number of ether oxygens (including phenoxy) is 1. The maximum absolute atomic E-state index is 5.14. The van der Waals surface area contributed by atoms with Crippen molar-refractivity contribution >= 4 is 0 Å². The summed E-state index contributed by atoms with van der Waals surface area (Å²) in [4.78, 5) is 1.43. The van der Waals surface area contributed by atoms with Crippen LogP contribution in [0.4, 0.5) is 0 Å². The fourth-order valence-electron chi connectivity index (χ4n) is 1.72. The van der Waals surface area contributed by atoms with Crippen LogP contribution in [0.5, 0.6) is 0 Å². The molecule has 11 heavy (non-hydrogen) atoms. The molecule has 0 aromatic heterocycles. The first kappa shape index (κ1) is 9.01. The van der Waals surface area contributed by atoms with Crippen molar-refractivity contribution in [3.8, 4) is 0 Å². The van der Waals surface area contributed by atoms with Gasteiger partial charge in [0, 0.05) is 13.7 Å². The second kappa shape index (κ2) is 4.73. The lowest BCUT2D eigenvalue weighted by Gasteiger charge is -2.17. The van der Waals surface area contributed by atoms with E-state index in [0.29, 0.717) is 0 Å². The Bertz CT molecular complexity index is 106. The zero-order valence-corrected chi connectivity index (χ0v) is 7.44. The van der Waals surface area contributed by atoms with Crippen LogP contribution in [0.3, 0.4) is 0 Å². The van der Waals surface area contributed by atoms with Crippen molar-refractivity contribution in [3.63, 3.8) is 0 Å². The molecule has 2 atom stereocenters. The molecule has 0 bridgehead atoms. The highest BCUT2D eigenvalue weighted by Gasteiger charge is 2.14. The van der Waals surface area contributed by atoms with Crippen LogP contribution in [-0.2, 0) is 4.74 Å². The topological polar surface area (TPSA) is 13.7 Å². The Labute approximate surface area is 69.5 Å². The largest absolute Gasteiger partial charge is 0.468 e. The first-order chi connectivity index (χ1) is 5.33. The van der Waals surface area contributed by atoms with Crippen molar-refractivity contribution < 1.29 is 9.64 Å². The van der Waals surface area contributed by atoms with E-state index < -0.39 is 0 Å². The van der Waals surface area contributed by atoms with Crippen molar-refractivity contribution in [2.75, 3.05) is 26.8 Å². The lowest BCUT2D eigenvalue weighted by Crippen LogP contribution is -3.06. The van der Waals surface area contributed by atoms with Crippen LogP contribution in [0.2, 0.25) is 0 Å². The minimum atomic E-state index is 0.791. The Morgan fingerprint density at radius 3 is 3.00 bits per heavy atom. The molecule has 1 aliphatic rings. The van der Waals surface area contributed by atoms with Crippen molar-refractivity contribution in [3.05, 3.63) is 7.05 Å². The van der Waals surface area contributed by atoms with Gasteiger partial charge in [-0.15, -0.1) is 0 Å². The average Bonchev–Trinajstić information content (AvgIpc) is 2.17. The second-order valence-corrected chi connectivity index (χ2v) is 3.50. The van der Waals surface area contributed by atoms with Gasteiger partial charge in [0.2, 0.25) is 0 Å². The van der Waals surface area contributed by atoms with Gasteiger partial charge in [-0.3, -0.25) is 0 Å². The Kier molecular flexibility index (Phi) is 3.87. The molecule has 0 aromatic rings. The van der Waals surface area contributed by atoms with Crippen LogP contribution < -0.4 is 4.90 Å². The highest BCUT2D eigenvalue weighted by atomic mass is 16.5. The summed E-state index contributed by atoms with van der Waals surface area (Å²) in [5, 5.41) is 0. The third-order valence-corrected chi connectivity index (χ3v) is 2.45. The van der Waals surface area contributed by atoms with Gasteiger partial charge in [-0.1, -0.05) is 0 Å². The van der Waals surface area contributed by atoms with Crippen molar-refractivity contribution in [1.82, 2.24) is 0 Å². The molecule has 0 aromatic carbocycles. The summed E-state index contributed by atoms with van der Waals surface area (Å²) >= 11 is 0. The van der Waals surface area contributed by atoms with Crippen LogP contribution >= 0.6 is 0 Å². The minimum absolute atomic E-state index is 0.791. The number of likely N-dealkylation sites (tertiary alicyclic amines) is 1. The number of hydrogen-bond acceptors (Lipinski definition) is 1. The molecule has 0 spiro atoms. The fraction of sp³-hybridized carbons (Fsp3) is 0.889. The fourth-order valence-corrected chi connectivity index (χ4v) is 1.72. The van der Waals surface area contributed by atoms with E-state index in [2.05, 4.69) is 7.05 Å². The Hall–Kier alpha value is -0.0800. The summed E-state index contributed by atoms with van der Waals surface area (Å²) in [6.07, 6.45) is 3.92. The van der Waals surface area contributed by atoms with Gasteiger partial charge < -0.3 is 9.64 Å². The molecule has 2 unspecified atom stereocenters. The van der Waals surface area contributed by atoms with Gasteiger partial charge in [0.25, 0.3) is 0 Å². The molecule has 1 aliphatic heterocycles. The van der Waals surface area contributed by atoms with Gasteiger partial charge >= 0.3 is 0 Å². The third kappa shape index (κ3) is 3.21. The quantitative estimate of drug-likeness (QED) is 0.562. The van der Waals surface area contributed by atoms with E-state index in [0.717, 1.165) is 12.5 Å². The van der Waals surface area contributed by atoms with E-state index in [-0.39, 0.29) is 0 Å². The van der Waals surface area contributed by atoms with Gasteiger partial charge in [0.05, 0.1) is 13.1 Å². The number of quaternary nitrogens is 1. The maximum atomic E-state index is 5.14. The summed E-state index contributed by atoms with van der Waals surface area (Å²) in [5.74, 6) is 0.791. The molecule has 1 heterocycles. The first-order valence-electron chi connectivity index (χ1n) is 4.48. The predicted octanol–water partition coefficient (Wildman–Crippen LogP) is 0.109. The first-order valence-corrected chi connectivity index (χ1v) is 4.48. The molecule has 1 fully saturated rings. The van der Waals surface area contributed by atoms with Gasteiger partial charge in [-0.25, -0.2) is 0 Å². The van der Waals surface area contributed by atoms with Gasteiger partial charge in [0.15, 0.2) is 0 Å². The van der Waals surface area contributed by atoms with Crippen molar-refractivity contribution in [1.29, 1.82) is 0 Å². The monoisotopic (exact) mass is 157 g/mol. The van der Waals surface area contributed by atoms with E-state index in [1.165, 1.54) is 37.3 Å². The number of rotatable bonds is 2. The third-order valence-electron chi connectivity index (χ3n) is 2.45. The summed E-state index contributed by atoms with van der Waals surface area (Å²) in [5.41, 5.74) is 0. The Balaban J connectivity index is 2.22. The van der Waals surface area contributed by atoms with E-state index in [9.17, 15) is 0 Å². The molecule has 1 N–H and O–H groups in total. The number of nitrogens with one attached hydrogen (secondary N) is 1. The average molecular weight is 157 g/mol. The summed E-state index contributed by atoms with van der Waals surface area (Å²) in [6.45, 7) is 3.39. The predicted molar refractivity (Wildman–Crippen MR) is 45.3 cm³/mol. The van der Waals surface area contributed by atoms with Crippen LogP contribution in [0, 0.1) is 13.0 Å². The highest BCUT2D eigenvalue weighted by molar-refractivity contribution is 4.60. The summed E-state index contributed by atoms with van der Waals surface area (Å²) in [6, 6.07) is 0. The molecule has 0 saturated carbocycles. The van der Waals surface area contributed by atoms with Crippen molar-refractivity contribution in [2.24, 2.45) is 5.92 Å². The normalized spacial score (nSPS) is 33.3. The number of methoxy groups -OCH3 is 1. The van der Waals surface area contributed by atoms with Crippen LogP contribution in [-0.4, -0.2) is 26.8 Å². The lowest BCUT2D eigenvalue weighted by atomic mass is 10.0. The van der Waals surface area contributed by atoms with E-state index in [1.807, 2.05) is 0 Å². The summed E-state index contributed by atoms with van der Waals surface area (Å²) in [7, 11) is 5.82. The van der Waals surface area contributed by atoms with Crippen LogP contribution in [0.25, 0.3) is 0 Å². The molecule has 0 aliphatic carbocycles. The number of hydrogen-bond donors (Lipinski definition) is 1. The highest BCUT2D eigenvalue weighted by Crippen LogP contribution is 2.11. The molecule has 2 heteroatoms. The van der Waals surface area contributed by atoms with E-state index in [4.69, 9.17) is 4.74 Å². The smallest absolute Gasteiger partial charge is 0.0533 e. The van der Waals surface area contributed by atoms with Crippen molar-refractivity contribution in [2.45, 2.75) is 19.3 Å². The van der Waals surface area contributed by atoms with E-state index in [1.54, 1.807) is 7.11 Å². The molecule has 0 amide bonds. The molecule has 1 rings (SSSR count). The maximum Gasteiger partial charge on any atom is 0.0533 e. The minimum Gasteiger partial charge on any atom is -0.468 e. The molecular formula is C9H19NO. The van der Waals surface area contributed by atoms with Gasteiger partial charge in [-0.05, 0) is 25.2 Å². The molecule has 0 radical (unpaired) electrons. The second-order valence-electron chi connectivity index (χ2n) is 3.50. The van der Waals surface area contributed by atoms with Crippen LogP contribution in [0.15, 0.2) is 0 Å². The van der Waals surface area contributed by atoms with Gasteiger partial charge in [0.1, 0.15) is 0 Å². The SMILES string of the molecule is [CH2-][NH+]1CCCC(COC)CC1. The van der Waals surface area contributed by atoms with Crippen LogP contribution in [0.1, 0.15) is 19.3 Å². The van der Waals surface area contributed by atoms with E-state index >= 15 is 0 Å². The lowest BCUT2D eigenvalue weighted by molar-refractivity contribution is -0.852. The van der Waals surface area contributed by atoms with Gasteiger partial charge in [-0.2, -0.15) is 7.05 Å². The standard InChI is InChI=1S/C9H19NO/c1-10-6-3-4-9(5-7-10)8-11-2/h9-10H,1,3-8H2,2H3. The zero-order valence-electron chi connectivity index (χ0n) is 7.44. The molecular weight excluding hydrogens is 138 g/mol. The molecule has 1 saturated heterocycles. The Morgan fingerprint density at radius 2 is 2.27 bits per heavy atom. The Morgan fingerprint density at radius 1 is 1.45 bits per heavy atom. The zero-order chi connectivity index (χ0) is 8.10.